The second-order valence-electron chi connectivity index (χ2n) is 2.47. The molecular formula is C8H18N2O2S. The van der Waals surface area contributed by atoms with E-state index >= 15 is 0 Å². The van der Waals surface area contributed by atoms with E-state index in [1.54, 1.807) is 0 Å². The predicted molar refractivity (Wildman–Crippen MR) is 56.0 cm³/mol. The average Bonchev–Trinajstić information content (AvgIpc) is 2.09. The number of amides is 1. The van der Waals surface area contributed by atoms with Gasteiger partial charge in [0.2, 0.25) is 0 Å². The summed E-state index contributed by atoms with van der Waals surface area (Å²) in [6, 6.07) is 0. The van der Waals surface area contributed by atoms with Gasteiger partial charge in [-0.15, -0.1) is 0 Å². The van der Waals surface area contributed by atoms with E-state index in [2.05, 4.69) is 17.0 Å². The van der Waals surface area contributed by atoms with Crippen LogP contribution in [0, 0.1) is 0 Å². The predicted octanol–water partition coefficient (Wildman–Crippen LogP) is 0.815. The Morgan fingerprint density at radius 2 is 2.31 bits per heavy atom. The SMILES string of the molecule is CCSCCCNCCOC(N)=O. The van der Waals surface area contributed by atoms with Gasteiger partial charge in [-0.1, -0.05) is 6.92 Å². The maximum atomic E-state index is 10.1. The molecule has 3 N–H and O–H groups in total. The fraction of sp³-hybridized carbons (Fsp3) is 0.875. The molecule has 4 nitrogen and oxygen atoms in total. The highest BCUT2D eigenvalue weighted by Gasteiger charge is 1.92. The van der Waals surface area contributed by atoms with Crippen LogP contribution in [-0.2, 0) is 4.74 Å². The first-order chi connectivity index (χ1) is 6.27. The van der Waals surface area contributed by atoms with E-state index < -0.39 is 6.09 Å². The number of thioether (sulfide) groups is 1. The Morgan fingerprint density at radius 3 is 2.92 bits per heavy atom. The molecule has 0 heterocycles. The Labute approximate surface area is 83.6 Å². The summed E-state index contributed by atoms with van der Waals surface area (Å²) in [7, 11) is 0. The van der Waals surface area contributed by atoms with Crippen LogP contribution in [0.4, 0.5) is 4.79 Å². The van der Waals surface area contributed by atoms with E-state index in [9.17, 15) is 4.79 Å². The van der Waals surface area contributed by atoms with Gasteiger partial charge in [0, 0.05) is 6.54 Å². The summed E-state index contributed by atoms with van der Waals surface area (Å²) in [6.07, 6.45) is 0.443. The van der Waals surface area contributed by atoms with Gasteiger partial charge in [0.05, 0.1) is 0 Å². The van der Waals surface area contributed by atoms with Crippen molar-refractivity contribution in [3.8, 4) is 0 Å². The first-order valence-corrected chi connectivity index (χ1v) is 5.63. The lowest BCUT2D eigenvalue weighted by Crippen LogP contribution is -2.24. The molecule has 5 heteroatoms. The number of nitrogens with one attached hydrogen (secondary N) is 1. The van der Waals surface area contributed by atoms with Gasteiger partial charge in [0.15, 0.2) is 0 Å². The Balaban J connectivity index is 2.87. The fourth-order valence-corrected chi connectivity index (χ4v) is 1.43. The molecule has 1 amide bonds. The molecule has 0 unspecified atom stereocenters. The quantitative estimate of drug-likeness (QED) is 0.577. The van der Waals surface area contributed by atoms with Gasteiger partial charge in [0.25, 0.3) is 0 Å². The van der Waals surface area contributed by atoms with Crippen molar-refractivity contribution in [2.24, 2.45) is 5.73 Å². The van der Waals surface area contributed by atoms with Crippen molar-refractivity contribution in [2.75, 3.05) is 31.2 Å². The molecule has 0 rings (SSSR count). The Hall–Kier alpha value is -0.420. The van der Waals surface area contributed by atoms with E-state index in [0.717, 1.165) is 13.0 Å². The van der Waals surface area contributed by atoms with Crippen molar-refractivity contribution < 1.29 is 9.53 Å². The van der Waals surface area contributed by atoms with Crippen molar-refractivity contribution in [3.63, 3.8) is 0 Å². The van der Waals surface area contributed by atoms with Gasteiger partial charge in [-0.3, -0.25) is 0 Å². The van der Waals surface area contributed by atoms with Crippen LogP contribution in [0.5, 0.6) is 0 Å². The van der Waals surface area contributed by atoms with Crippen molar-refractivity contribution in [2.45, 2.75) is 13.3 Å². The smallest absolute Gasteiger partial charge is 0.404 e. The van der Waals surface area contributed by atoms with Crippen LogP contribution in [0.15, 0.2) is 0 Å². The highest BCUT2D eigenvalue weighted by atomic mass is 32.2. The van der Waals surface area contributed by atoms with E-state index in [-0.39, 0.29) is 0 Å². The number of nitrogens with two attached hydrogens (primary N) is 1. The van der Waals surface area contributed by atoms with Crippen LogP contribution in [-0.4, -0.2) is 37.3 Å². The molecule has 0 saturated carbocycles. The minimum atomic E-state index is -0.705. The standard InChI is InChI=1S/C8H18N2O2S/c1-2-13-7-3-4-10-5-6-12-8(9)11/h10H,2-7H2,1H3,(H2,9,11). The molecule has 0 spiro atoms. The third-order valence-corrected chi connectivity index (χ3v) is 2.36. The molecule has 0 saturated heterocycles. The number of hydrogen-bond donors (Lipinski definition) is 2. The zero-order valence-corrected chi connectivity index (χ0v) is 8.86. The number of carbonyl (C=O) groups is 1. The minimum Gasteiger partial charge on any atom is -0.448 e. The van der Waals surface area contributed by atoms with E-state index in [1.165, 1.54) is 11.5 Å². The summed E-state index contributed by atoms with van der Waals surface area (Å²) >= 11 is 1.93. The van der Waals surface area contributed by atoms with E-state index in [0.29, 0.717) is 13.2 Å². The lowest BCUT2D eigenvalue weighted by Gasteiger charge is -2.03. The summed E-state index contributed by atoms with van der Waals surface area (Å²) in [5, 5.41) is 3.15. The van der Waals surface area contributed by atoms with Crippen LogP contribution in [0.25, 0.3) is 0 Å². The first kappa shape index (κ1) is 12.6. The van der Waals surface area contributed by atoms with Crippen LogP contribution in [0.1, 0.15) is 13.3 Å². The van der Waals surface area contributed by atoms with Gasteiger partial charge in [0.1, 0.15) is 6.61 Å². The number of rotatable bonds is 8. The average molecular weight is 206 g/mol. The lowest BCUT2D eigenvalue weighted by atomic mass is 10.5. The molecule has 0 bridgehead atoms. The van der Waals surface area contributed by atoms with Crippen LogP contribution < -0.4 is 11.1 Å². The molecule has 0 fully saturated rings. The number of ether oxygens (including phenoxy) is 1. The molecule has 0 aromatic carbocycles. The summed E-state index contributed by atoms with van der Waals surface area (Å²) in [4.78, 5) is 10.1. The van der Waals surface area contributed by atoms with Gasteiger partial charge >= 0.3 is 6.09 Å². The molecule has 0 aromatic rings. The Kier molecular flexibility index (Phi) is 9.35. The summed E-state index contributed by atoms with van der Waals surface area (Å²) in [5.41, 5.74) is 4.78. The van der Waals surface area contributed by atoms with Crippen molar-refractivity contribution >= 4 is 17.9 Å². The lowest BCUT2D eigenvalue weighted by molar-refractivity contribution is 0.157. The molecule has 0 atom stereocenters. The van der Waals surface area contributed by atoms with Crippen molar-refractivity contribution in [1.29, 1.82) is 0 Å². The molecular weight excluding hydrogens is 188 g/mol. The minimum absolute atomic E-state index is 0.357. The largest absolute Gasteiger partial charge is 0.448 e. The van der Waals surface area contributed by atoms with Gasteiger partial charge < -0.3 is 15.8 Å². The van der Waals surface area contributed by atoms with Crippen molar-refractivity contribution in [1.82, 2.24) is 5.32 Å². The first-order valence-electron chi connectivity index (χ1n) is 4.48. The molecule has 0 aliphatic rings. The normalized spacial score (nSPS) is 9.92. The third kappa shape index (κ3) is 11.6. The molecule has 78 valence electrons. The Bertz CT molecular complexity index is 133. The number of carbonyl (C=O) groups excluding carboxylic acids is 1. The van der Waals surface area contributed by atoms with Gasteiger partial charge in [-0.05, 0) is 24.5 Å². The van der Waals surface area contributed by atoms with Crippen LogP contribution in [0.2, 0.25) is 0 Å². The second-order valence-corrected chi connectivity index (χ2v) is 3.86. The summed E-state index contributed by atoms with van der Waals surface area (Å²) < 4.78 is 4.54. The number of hydrogen-bond acceptors (Lipinski definition) is 4. The zero-order valence-electron chi connectivity index (χ0n) is 8.04. The van der Waals surface area contributed by atoms with Crippen molar-refractivity contribution in [3.05, 3.63) is 0 Å². The highest BCUT2D eigenvalue weighted by Crippen LogP contribution is 1.99. The van der Waals surface area contributed by atoms with Crippen LogP contribution >= 0.6 is 11.8 Å². The second kappa shape index (κ2) is 9.67. The maximum Gasteiger partial charge on any atom is 0.404 e. The summed E-state index contributed by atoms with van der Waals surface area (Å²) in [6.45, 7) is 4.16. The summed E-state index contributed by atoms with van der Waals surface area (Å²) in [5.74, 6) is 2.35. The van der Waals surface area contributed by atoms with E-state index in [4.69, 9.17) is 5.73 Å². The number of primary amides is 1. The monoisotopic (exact) mass is 206 g/mol. The molecule has 0 aromatic heterocycles. The highest BCUT2D eigenvalue weighted by molar-refractivity contribution is 7.99. The zero-order chi connectivity index (χ0) is 9.94. The molecule has 0 aliphatic heterocycles. The van der Waals surface area contributed by atoms with Gasteiger partial charge in [-0.25, -0.2) is 4.79 Å². The Morgan fingerprint density at radius 1 is 1.54 bits per heavy atom. The molecule has 13 heavy (non-hydrogen) atoms. The topological polar surface area (TPSA) is 64.3 Å². The van der Waals surface area contributed by atoms with Gasteiger partial charge in [-0.2, -0.15) is 11.8 Å². The van der Waals surface area contributed by atoms with E-state index in [1.807, 2.05) is 11.8 Å². The molecule has 0 radical (unpaired) electrons. The van der Waals surface area contributed by atoms with Crippen LogP contribution in [0.3, 0.4) is 0 Å². The third-order valence-electron chi connectivity index (χ3n) is 1.37. The maximum absolute atomic E-state index is 10.1. The fourth-order valence-electron chi connectivity index (χ4n) is 0.792. The molecule has 0 aliphatic carbocycles.